The molecule has 3 rings (SSSR count). The van der Waals surface area contributed by atoms with Gasteiger partial charge in [-0.15, -0.1) is 0 Å². The number of carbonyl (C=O) groups is 1. The summed E-state index contributed by atoms with van der Waals surface area (Å²) in [6, 6.07) is 7.85. The first-order valence-corrected chi connectivity index (χ1v) is 6.50. The first-order chi connectivity index (χ1) is 8.74. The van der Waals surface area contributed by atoms with Crippen molar-refractivity contribution in [2.75, 3.05) is 18.5 Å². The number of hydrazone groups is 1. The standard InChI is InChI=1S/C12H12N4OS/c1-8-2-4-9(5-3-8)14-15-10-11(17)16-7-6-13-12(16)18-10/h2-5,14H,6-7H2,1H3/b15-10+. The average molecular weight is 260 g/mol. The van der Waals surface area contributed by atoms with Crippen LogP contribution in [0.4, 0.5) is 5.69 Å². The van der Waals surface area contributed by atoms with E-state index < -0.39 is 0 Å². The third-order valence-corrected chi connectivity index (χ3v) is 3.75. The SMILES string of the molecule is Cc1ccc(N/N=C2/SC3=NCCN3C2=O)cc1. The molecule has 18 heavy (non-hydrogen) atoms. The van der Waals surface area contributed by atoms with Crippen LogP contribution in [0.5, 0.6) is 0 Å². The lowest BCUT2D eigenvalue weighted by Gasteiger charge is -2.05. The molecular weight excluding hydrogens is 248 g/mol. The highest BCUT2D eigenvalue weighted by atomic mass is 32.2. The largest absolute Gasteiger partial charge is 0.287 e. The van der Waals surface area contributed by atoms with Gasteiger partial charge in [0.15, 0.2) is 10.2 Å². The summed E-state index contributed by atoms with van der Waals surface area (Å²) in [5.74, 6) is -0.0594. The Balaban J connectivity index is 1.74. The van der Waals surface area contributed by atoms with Gasteiger partial charge in [0, 0.05) is 6.54 Å². The number of amidine groups is 1. The van der Waals surface area contributed by atoms with Crippen LogP contribution in [0, 0.1) is 6.92 Å². The highest BCUT2D eigenvalue weighted by Crippen LogP contribution is 2.25. The number of thioether (sulfide) groups is 1. The molecule has 0 saturated carbocycles. The predicted octanol–water partition coefficient (Wildman–Crippen LogP) is 1.67. The summed E-state index contributed by atoms with van der Waals surface area (Å²) in [6.45, 7) is 3.40. The quantitative estimate of drug-likeness (QED) is 0.823. The van der Waals surface area contributed by atoms with Crippen LogP contribution < -0.4 is 5.43 Å². The number of aliphatic imine (C=N–C) groups is 1. The highest BCUT2D eigenvalue weighted by molar-refractivity contribution is 8.29. The van der Waals surface area contributed by atoms with Crippen LogP contribution in [0.15, 0.2) is 34.4 Å². The van der Waals surface area contributed by atoms with Gasteiger partial charge in [0.1, 0.15) is 0 Å². The van der Waals surface area contributed by atoms with Gasteiger partial charge >= 0.3 is 0 Å². The van der Waals surface area contributed by atoms with Crippen LogP contribution in [0.25, 0.3) is 0 Å². The summed E-state index contributed by atoms with van der Waals surface area (Å²) < 4.78 is 0. The molecule has 2 aliphatic rings. The lowest BCUT2D eigenvalue weighted by atomic mass is 10.2. The van der Waals surface area contributed by atoms with Crippen molar-refractivity contribution in [3.05, 3.63) is 29.8 Å². The number of fused-ring (bicyclic) bond motifs is 1. The van der Waals surface area contributed by atoms with E-state index in [9.17, 15) is 4.79 Å². The molecule has 5 nitrogen and oxygen atoms in total. The van der Waals surface area contributed by atoms with Crippen molar-refractivity contribution in [1.29, 1.82) is 0 Å². The lowest BCUT2D eigenvalue weighted by molar-refractivity contribution is -0.119. The zero-order chi connectivity index (χ0) is 12.5. The molecule has 1 amide bonds. The molecule has 0 radical (unpaired) electrons. The molecule has 1 aromatic carbocycles. The monoisotopic (exact) mass is 260 g/mol. The molecule has 1 saturated heterocycles. The fourth-order valence-electron chi connectivity index (χ4n) is 1.76. The van der Waals surface area contributed by atoms with E-state index in [0.717, 1.165) is 10.9 Å². The van der Waals surface area contributed by atoms with Gasteiger partial charge in [-0.05, 0) is 30.8 Å². The zero-order valence-electron chi connectivity index (χ0n) is 9.88. The number of nitrogens with one attached hydrogen (secondary N) is 1. The summed E-state index contributed by atoms with van der Waals surface area (Å²) in [7, 11) is 0. The second-order valence-electron chi connectivity index (χ2n) is 4.12. The van der Waals surface area contributed by atoms with E-state index in [4.69, 9.17) is 0 Å². The Labute approximate surface area is 109 Å². The van der Waals surface area contributed by atoms with E-state index in [2.05, 4.69) is 15.5 Å². The van der Waals surface area contributed by atoms with Gasteiger partial charge < -0.3 is 0 Å². The Bertz CT molecular complexity index is 550. The minimum atomic E-state index is -0.0594. The minimum absolute atomic E-state index is 0.0594. The van der Waals surface area contributed by atoms with Gasteiger partial charge in [-0.1, -0.05) is 17.7 Å². The van der Waals surface area contributed by atoms with Crippen LogP contribution in [-0.2, 0) is 4.79 Å². The smallest absolute Gasteiger partial charge is 0.283 e. The van der Waals surface area contributed by atoms with E-state index in [1.54, 1.807) is 4.90 Å². The first kappa shape index (κ1) is 11.3. The van der Waals surface area contributed by atoms with Crippen LogP contribution >= 0.6 is 11.8 Å². The molecule has 2 heterocycles. The molecule has 0 unspecified atom stereocenters. The third-order valence-electron chi connectivity index (χ3n) is 2.76. The summed E-state index contributed by atoms with van der Waals surface area (Å²) in [5, 5.41) is 5.37. The molecule has 0 atom stereocenters. The second kappa shape index (κ2) is 4.45. The minimum Gasteiger partial charge on any atom is -0.283 e. The molecule has 6 heteroatoms. The normalized spacial score (nSPS) is 20.3. The Morgan fingerprint density at radius 3 is 2.89 bits per heavy atom. The molecule has 2 aliphatic heterocycles. The average Bonchev–Trinajstić information content (AvgIpc) is 2.93. The van der Waals surface area contributed by atoms with Crippen molar-refractivity contribution >= 4 is 33.6 Å². The van der Waals surface area contributed by atoms with Crippen molar-refractivity contribution in [3.8, 4) is 0 Å². The van der Waals surface area contributed by atoms with E-state index in [1.807, 2.05) is 31.2 Å². The predicted molar refractivity (Wildman–Crippen MR) is 73.8 cm³/mol. The Morgan fingerprint density at radius 2 is 2.17 bits per heavy atom. The maximum absolute atomic E-state index is 11.9. The zero-order valence-corrected chi connectivity index (χ0v) is 10.7. The van der Waals surface area contributed by atoms with Crippen molar-refractivity contribution < 1.29 is 4.79 Å². The molecule has 1 N–H and O–H groups in total. The number of benzene rings is 1. The van der Waals surface area contributed by atoms with Crippen molar-refractivity contribution in [2.24, 2.45) is 10.1 Å². The number of amides is 1. The summed E-state index contributed by atoms with van der Waals surface area (Å²) >= 11 is 1.33. The molecule has 0 aliphatic carbocycles. The van der Waals surface area contributed by atoms with E-state index in [0.29, 0.717) is 18.1 Å². The fourth-order valence-corrected chi connectivity index (χ4v) is 2.66. The molecule has 1 fully saturated rings. The molecule has 92 valence electrons. The van der Waals surface area contributed by atoms with Crippen molar-refractivity contribution in [1.82, 2.24) is 4.90 Å². The van der Waals surface area contributed by atoms with Gasteiger partial charge in [0.25, 0.3) is 5.91 Å². The van der Waals surface area contributed by atoms with Crippen molar-refractivity contribution in [2.45, 2.75) is 6.92 Å². The van der Waals surface area contributed by atoms with Gasteiger partial charge in [-0.3, -0.25) is 20.1 Å². The Kier molecular flexibility index (Phi) is 2.79. The summed E-state index contributed by atoms with van der Waals surface area (Å²) in [6.07, 6.45) is 0. The van der Waals surface area contributed by atoms with E-state index in [1.165, 1.54) is 17.3 Å². The number of anilines is 1. The van der Waals surface area contributed by atoms with E-state index in [-0.39, 0.29) is 5.91 Å². The maximum Gasteiger partial charge on any atom is 0.287 e. The summed E-state index contributed by atoms with van der Waals surface area (Å²) in [5.41, 5.74) is 4.96. The van der Waals surface area contributed by atoms with Gasteiger partial charge in [-0.2, -0.15) is 5.10 Å². The van der Waals surface area contributed by atoms with Gasteiger partial charge in [0.05, 0.1) is 12.2 Å². The number of carbonyl (C=O) groups excluding carboxylic acids is 1. The van der Waals surface area contributed by atoms with Gasteiger partial charge in [-0.25, -0.2) is 0 Å². The molecule has 0 spiro atoms. The second-order valence-corrected chi connectivity index (χ2v) is 5.07. The fraction of sp³-hybridized carbons (Fsp3) is 0.250. The van der Waals surface area contributed by atoms with Crippen LogP contribution in [-0.4, -0.2) is 34.1 Å². The third kappa shape index (κ3) is 1.99. The molecule has 0 bridgehead atoms. The molecular formula is C12H12N4OS. The van der Waals surface area contributed by atoms with Crippen LogP contribution in [0.3, 0.4) is 0 Å². The Hall–Kier alpha value is -1.82. The number of nitrogens with zero attached hydrogens (tertiary/aromatic N) is 3. The number of aryl methyl sites for hydroxylation is 1. The highest BCUT2D eigenvalue weighted by Gasteiger charge is 2.37. The van der Waals surface area contributed by atoms with E-state index >= 15 is 0 Å². The number of hydrogen-bond donors (Lipinski definition) is 1. The number of rotatable bonds is 2. The summed E-state index contributed by atoms with van der Waals surface area (Å²) in [4.78, 5) is 17.8. The molecule has 1 aromatic rings. The maximum atomic E-state index is 11.9. The van der Waals surface area contributed by atoms with Crippen LogP contribution in [0.2, 0.25) is 0 Å². The van der Waals surface area contributed by atoms with Crippen LogP contribution in [0.1, 0.15) is 5.56 Å². The Morgan fingerprint density at radius 1 is 1.39 bits per heavy atom. The lowest BCUT2D eigenvalue weighted by Crippen LogP contribution is -2.28. The first-order valence-electron chi connectivity index (χ1n) is 5.68. The molecule has 0 aromatic heterocycles. The van der Waals surface area contributed by atoms with Crippen molar-refractivity contribution in [3.63, 3.8) is 0 Å². The number of hydrogen-bond acceptors (Lipinski definition) is 5. The topological polar surface area (TPSA) is 57.1 Å². The van der Waals surface area contributed by atoms with Gasteiger partial charge in [0.2, 0.25) is 0 Å².